The lowest BCUT2D eigenvalue weighted by atomic mass is 9.98. The van der Waals surface area contributed by atoms with Crippen molar-refractivity contribution in [1.29, 1.82) is 0 Å². The molecule has 3 aliphatic heterocycles. The Morgan fingerprint density at radius 2 is 1.62 bits per heavy atom. The van der Waals surface area contributed by atoms with Crippen LogP contribution < -0.4 is 4.90 Å². The van der Waals surface area contributed by atoms with Gasteiger partial charge in [0.2, 0.25) is 0 Å². The number of carbonyl (C=O) groups excluding carboxylic acids is 2. The number of nitrogens with zero attached hydrogens (tertiary/aromatic N) is 3. The predicted octanol–water partition coefficient (Wildman–Crippen LogP) is 2.86. The Labute approximate surface area is 189 Å². The Balaban J connectivity index is 1.51. The van der Waals surface area contributed by atoms with Gasteiger partial charge in [-0.2, -0.15) is 0 Å². The van der Waals surface area contributed by atoms with Gasteiger partial charge in [-0.1, -0.05) is 48.0 Å². The summed E-state index contributed by atoms with van der Waals surface area (Å²) in [6, 6.07) is 16.1. The van der Waals surface area contributed by atoms with E-state index in [4.69, 9.17) is 4.74 Å². The quantitative estimate of drug-likeness (QED) is 0.682. The molecule has 2 aromatic carbocycles. The SMILES string of the molecule is Cc1ccc(C2=C(N3CCCc4ccccc43)C(=O)N(CCN3CCOCC3)C2=O)cc1. The molecule has 1 saturated heterocycles. The lowest BCUT2D eigenvalue weighted by Gasteiger charge is -2.32. The molecule has 6 heteroatoms. The number of hydrogen-bond donors (Lipinski definition) is 0. The van der Waals surface area contributed by atoms with Crippen LogP contribution >= 0.6 is 0 Å². The van der Waals surface area contributed by atoms with Gasteiger partial charge in [0.1, 0.15) is 5.70 Å². The topological polar surface area (TPSA) is 53.1 Å². The smallest absolute Gasteiger partial charge is 0.278 e. The molecule has 0 atom stereocenters. The highest BCUT2D eigenvalue weighted by molar-refractivity contribution is 6.36. The zero-order valence-corrected chi connectivity index (χ0v) is 18.5. The molecule has 2 amide bonds. The molecule has 0 saturated carbocycles. The second-order valence-electron chi connectivity index (χ2n) is 8.69. The van der Waals surface area contributed by atoms with Gasteiger partial charge >= 0.3 is 0 Å². The molecule has 0 aromatic heterocycles. The monoisotopic (exact) mass is 431 g/mol. The van der Waals surface area contributed by atoms with E-state index >= 15 is 0 Å². The maximum atomic E-state index is 13.7. The van der Waals surface area contributed by atoms with E-state index in [0.29, 0.717) is 37.6 Å². The average molecular weight is 432 g/mol. The standard InChI is InChI=1S/C26H29N3O3/c1-19-8-10-21(11-9-19)23-24(28-12-4-6-20-5-2-3-7-22(20)28)26(31)29(25(23)30)14-13-27-15-17-32-18-16-27/h2-3,5,7-11H,4,6,12-18H2,1H3. The van der Waals surface area contributed by atoms with Crippen LogP contribution in [0.3, 0.4) is 0 Å². The highest BCUT2D eigenvalue weighted by Crippen LogP contribution is 2.37. The van der Waals surface area contributed by atoms with E-state index in [1.807, 2.05) is 43.3 Å². The third-order valence-electron chi connectivity index (χ3n) is 6.61. The Morgan fingerprint density at radius 3 is 2.41 bits per heavy atom. The van der Waals surface area contributed by atoms with Crippen LogP contribution in [0, 0.1) is 6.92 Å². The summed E-state index contributed by atoms with van der Waals surface area (Å²) in [5.74, 6) is -0.374. The van der Waals surface area contributed by atoms with Gasteiger partial charge in [-0.25, -0.2) is 0 Å². The number of fused-ring (bicyclic) bond motifs is 1. The first kappa shape index (κ1) is 20.9. The van der Waals surface area contributed by atoms with Crippen molar-refractivity contribution in [1.82, 2.24) is 9.80 Å². The second-order valence-corrected chi connectivity index (χ2v) is 8.69. The Kier molecular flexibility index (Phi) is 5.81. The fourth-order valence-electron chi connectivity index (χ4n) is 4.83. The first-order valence-electron chi connectivity index (χ1n) is 11.5. The number of amides is 2. The molecule has 0 aliphatic carbocycles. The zero-order valence-electron chi connectivity index (χ0n) is 18.5. The van der Waals surface area contributed by atoms with Crippen LogP contribution in [0.5, 0.6) is 0 Å². The van der Waals surface area contributed by atoms with Crippen LogP contribution in [-0.2, 0) is 20.7 Å². The van der Waals surface area contributed by atoms with E-state index in [2.05, 4.69) is 21.9 Å². The van der Waals surface area contributed by atoms with Crippen molar-refractivity contribution in [3.63, 3.8) is 0 Å². The minimum absolute atomic E-state index is 0.185. The van der Waals surface area contributed by atoms with E-state index in [1.165, 1.54) is 10.5 Å². The summed E-state index contributed by atoms with van der Waals surface area (Å²) >= 11 is 0. The number of carbonyl (C=O) groups is 2. The number of morpholine rings is 1. The number of aryl methyl sites for hydroxylation is 2. The number of ether oxygens (including phenoxy) is 1. The second kappa shape index (κ2) is 8.88. The zero-order chi connectivity index (χ0) is 22.1. The van der Waals surface area contributed by atoms with Crippen LogP contribution in [0.4, 0.5) is 5.69 Å². The Hall–Kier alpha value is -2.96. The summed E-state index contributed by atoms with van der Waals surface area (Å²) in [4.78, 5) is 33.1. The van der Waals surface area contributed by atoms with E-state index < -0.39 is 0 Å². The Morgan fingerprint density at radius 1 is 0.875 bits per heavy atom. The number of para-hydroxylation sites is 1. The van der Waals surface area contributed by atoms with Gasteiger partial charge in [0.15, 0.2) is 0 Å². The fraction of sp³-hybridized carbons (Fsp3) is 0.385. The molecule has 0 bridgehead atoms. The third kappa shape index (κ3) is 3.85. The first-order chi connectivity index (χ1) is 15.6. The molecular weight excluding hydrogens is 402 g/mol. The molecule has 0 spiro atoms. The lowest BCUT2D eigenvalue weighted by Crippen LogP contribution is -2.44. The van der Waals surface area contributed by atoms with Crippen molar-refractivity contribution in [2.24, 2.45) is 0 Å². The summed E-state index contributed by atoms with van der Waals surface area (Å²) in [6.45, 7) is 6.89. The van der Waals surface area contributed by atoms with Crippen molar-refractivity contribution in [2.45, 2.75) is 19.8 Å². The van der Waals surface area contributed by atoms with E-state index in [1.54, 1.807) is 0 Å². The predicted molar refractivity (Wildman–Crippen MR) is 124 cm³/mol. The van der Waals surface area contributed by atoms with Gasteiger partial charge < -0.3 is 9.64 Å². The molecule has 0 unspecified atom stereocenters. The lowest BCUT2D eigenvalue weighted by molar-refractivity contribution is -0.137. The van der Waals surface area contributed by atoms with Crippen molar-refractivity contribution < 1.29 is 14.3 Å². The first-order valence-corrected chi connectivity index (χ1v) is 11.5. The molecule has 166 valence electrons. The molecule has 3 heterocycles. The number of rotatable bonds is 5. The van der Waals surface area contributed by atoms with E-state index in [9.17, 15) is 9.59 Å². The van der Waals surface area contributed by atoms with Crippen LogP contribution in [0.25, 0.3) is 5.57 Å². The summed E-state index contributed by atoms with van der Waals surface area (Å²) in [5, 5.41) is 0. The number of benzene rings is 2. The van der Waals surface area contributed by atoms with Gasteiger partial charge in [-0.15, -0.1) is 0 Å². The molecule has 2 aromatic rings. The van der Waals surface area contributed by atoms with Crippen LogP contribution in [0.15, 0.2) is 54.2 Å². The summed E-state index contributed by atoms with van der Waals surface area (Å²) in [7, 11) is 0. The molecular formula is C26H29N3O3. The van der Waals surface area contributed by atoms with Crippen molar-refractivity contribution in [2.75, 3.05) is 50.8 Å². The van der Waals surface area contributed by atoms with Crippen LogP contribution in [0.1, 0.15) is 23.1 Å². The summed E-state index contributed by atoms with van der Waals surface area (Å²) in [6.07, 6.45) is 1.94. The number of anilines is 1. The maximum Gasteiger partial charge on any atom is 0.278 e. The summed E-state index contributed by atoms with van der Waals surface area (Å²) in [5.41, 5.74) is 5.23. The van der Waals surface area contributed by atoms with E-state index in [0.717, 1.165) is 49.3 Å². The van der Waals surface area contributed by atoms with Gasteiger partial charge in [-0.3, -0.25) is 19.4 Å². The van der Waals surface area contributed by atoms with Gasteiger partial charge in [0, 0.05) is 38.4 Å². The van der Waals surface area contributed by atoms with Crippen molar-refractivity contribution in [3.05, 3.63) is 70.9 Å². The van der Waals surface area contributed by atoms with Crippen LogP contribution in [-0.4, -0.2) is 67.6 Å². The molecule has 6 nitrogen and oxygen atoms in total. The molecule has 1 fully saturated rings. The third-order valence-corrected chi connectivity index (χ3v) is 6.61. The highest BCUT2D eigenvalue weighted by atomic mass is 16.5. The molecule has 0 N–H and O–H groups in total. The molecule has 3 aliphatic rings. The van der Waals surface area contributed by atoms with E-state index in [-0.39, 0.29) is 11.8 Å². The van der Waals surface area contributed by atoms with Crippen molar-refractivity contribution in [3.8, 4) is 0 Å². The van der Waals surface area contributed by atoms with Crippen LogP contribution in [0.2, 0.25) is 0 Å². The number of hydrogen-bond acceptors (Lipinski definition) is 5. The Bertz CT molecular complexity index is 1050. The highest BCUT2D eigenvalue weighted by Gasteiger charge is 2.42. The minimum Gasteiger partial charge on any atom is -0.379 e. The summed E-state index contributed by atoms with van der Waals surface area (Å²) < 4.78 is 5.42. The largest absolute Gasteiger partial charge is 0.379 e. The fourth-order valence-corrected chi connectivity index (χ4v) is 4.83. The number of imide groups is 1. The van der Waals surface area contributed by atoms with Gasteiger partial charge in [0.25, 0.3) is 11.8 Å². The molecule has 0 radical (unpaired) electrons. The van der Waals surface area contributed by atoms with Gasteiger partial charge in [-0.05, 0) is 37.0 Å². The maximum absolute atomic E-state index is 13.7. The average Bonchev–Trinajstić information content (AvgIpc) is 3.08. The normalized spacial score (nSPS) is 19.7. The molecule has 32 heavy (non-hydrogen) atoms. The van der Waals surface area contributed by atoms with Gasteiger partial charge in [0.05, 0.1) is 18.8 Å². The minimum atomic E-state index is -0.190. The molecule has 5 rings (SSSR count). The van der Waals surface area contributed by atoms with Crippen molar-refractivity contribution >= 4 is 23.1 Å².